The van der Waals surface area contributed by atoms with Gasteiger partial charge in [0, 0.05) is 49.0 Å². The number of rotatable bonds is 5. The van der Waals surface area contributed by atoms with Gasteiger partial charge in [-0.05, 0) is 93.6 Å². The standard InChI is InChI=1S/C67H56N6/c1-65(2,3)43-30-33-57-50(36-43)46-23-13-16-27-54(46)71(57)62-60(49-26-19-22-42(39-68)53(49)40-69)63(72-55-28-17-14-24-47(55)51-37-44(66(4,5)6)31-34-58(51)72)64(70-61(62)41-20-11-10-12-21-41)73-56-29-18-15-25-48(56)52-38-45(67(7,8)9)32-35-59(52)73/h10-38H,1-9H3. The maximum atomic E-state index is 11.5. The predicted molar refractivity (Wildman–Crippen MR) is 304 cm³/mol. The molecule has 0 saturated carbocycles. The second-order valence-corrected chi connectivity index (χ2v) is 22.7. The molecule has 0 spiro atoms. The van der Waals surface area contributed by atoms with Gasteiger partial charge in [-0.3, -0.25) is 4.57 Å². The van der Waals surface area contributed by atoms with E-state index in [0.29, 0.717) is 22.5 Å². The largest absolute Gasteiger partial charge is 0.306 e. The van der Waals surface area contributed by atoms with Crippen LogP contribution < -0.4 is 0 Å². The van der Waals surface area contributed by atoms with E-state index in [1.807, 2.05) is 18.2 Å². The molecule has 0 aliphatic heterocycles. The zero-order chi connectivity index (χ0) is 50.7. The molecule has 6 heteroatoms. The highest BCUT2D eigenvalue weighted by atomic mass is 15.1. The number of para-hydroxylation sites is 3. The van der Waals surface area contributed by atoms with Gasteiger partial charge in [0.2, 0.25) is 0 Å². The fraction of sp³-hybridized carbons (Fsp3) is 0.179. The van der Waals surface area contributed by atoms with Gasteiger partial charge in [0.25, 0.3) is 0 Å². The van der Waals surface area contributed by atoms with Crippen molar-refractivity contribution >= 4 is 65.4 Å². The first kappa shape index (κ1) is 45.4. The van der Waals surface area contributed by atoms with E-state index in [0.717, 1.165) is 93.6 Å². The van der Waals surface area contributed by atoms with Gasteiger partial charge >= 0.3 is 0 Å². The lowest BCUT2D eigenvalue weighted by Gasteiger charge is -2.27. The molecule has 12 rings (SSSR count). The van der Waals surface area contributed by atoms with Crippen molar-refractivity contribution in [3.8, 4) is 51.7 Å². The van der Waals surface area contributed by atoms with E-state index >= 15 is 0 Å². The Labute approximate surface area is 426 Å². The molecular formula is C67H56N6. The molecule has 4 aromatic heterocycles. The van der Waals surface area contributed by atoms with Crippen LogP contribution in [0.25, 0.3) is 105 Å². The number of hydrogen-bond donors (Lipinski definition) is 0. The number of nitrogens with zero attached hydrogens (tertiary/aromatic N) is 6. The van der Waals surface area contributed by atoms with Gasteiger partial charge in [0.05, 0.1) is 61.3 Å². The number of nitriles is 2. The monoisotopic (exact) mass is 944 g/mol. The fourth-order valence-electron chi connectivity index (χ4n) is 11.2. The van der Waals surface area contributed by atoms with Gasteiger partial charge in [-0.15, -0.1) is 0 Å². The Morgan fingerprint density at radius 1 is 0.384 bits per heavy atom. The zero-order valence-corrected chi connectivity index (χ0v) is 42.9. The number of pyridine rings is 1. The minimum atomic E-state index is -0.114. The van der Waals surface area contributed by atoms with Crippen LogP contribution >= 0.6 is 0 Å². The van der Waals surface area contributed by atoms with Crippen LogP contribution in [0.5, 0.6) is 0 Å². The molecule has 0 fully saturated rings. The lowest BCUT2D eigenvalue weighted by molar-refractivity contribution is 0.591. The molecule has 0 aliphatic carbocycles. The Morgan fingerprint density at radius 2 is 0.795 bits per heavy atom. The van der Waals surface area contributed by atoms with Crippen molar-refractivity contribution in [2.75, 3.05) is 0 Å². The van der Waals surface area contributed by atoms with Gasteiger partial charge in [-0.25, -0.2) is 4.98 Å². The lowest BCUT2D eigenvalue weighted by atomic mass is 9.86. The minimum Gasteiger partial charge on any atom is -0.306 e. The number of benzene rings is 8. The van der Waals surface area contributed by atoms with E-state index in [9.17, 15) is 10.5 Å². The van der Waals surface area contributed by atoms with Crippen molar-refractivity contribution in [2.24, 2.45) is 0 Å². The van der Waals surface area contributed by atoms with Crippen LogP contribution in [-0.2, 0) is 16.2 Å². The first-order valence-corrected chi connectivity index (χ1v) is 25.3. The van der Waals surface area contributed by atoms with Crippen LogP contribution in [0, 0.1) is 22.7 Å². The van der Waals surface area contributed by atoms with E-state index in [-0.39, 0.29) is 16.2 Å². The van der Waals surface area contributed by atoms with Crippen LogP contribution in [0.2, 0.25) is 0 Å². The van der Waals surface area contributed by atoms with E-state index in [2.05, 4.69) is 240 Å². The van der Waals surface area contributed by atoms with Gasteiger partial charge < -0.3 is 9.13 Å². The molecule has 0 amide bonds. The third-order valence-electron chi connectivity index (χ3n) is 15.0. The Balaban J connectivity index is 1.41. The topological polar surface area (TPSA) is 75.3 Å². The van der Waals surface area contributed by atoms with Gasteiger partial charge in [0.15, 0.2) is 5.82 Å². The van der Waals surface area contributed by atoms with Crippen LogP contribution in [0.4, 0.5) is 0 Å². The summed E-state index contributed by atoms with van der Waals surface area (Å²) < 4.78 is 7.11. The first-order chi connectivity index (χ1) is 35.1. The first-order valence-electron chi connectivity index (χ1n) is 25.3. The number of fused-ring (bicyclic) bond motifs is 9. The smallest absolute Gasteiger partial charge is 0.163 e. The van der Waals surface area contributed by atoms with Crippen molar-refractivity contribution in [3.63, 3.8) is 0 Å². The third kappa shape index (κ3) is 7.08. The third-order valence-corrected chi connectivity index (χ3v) is 15.0. The summed E-state index contributed by atoms with van der Waals surface area (Å²) in [5.41, 5.74) is 14.6. The minimum absolute atomic E-state index is 0.0968. The molecule has 0 atom stereocenters. The highest BCUT2D eigenvalue weighted by molar-refractivity contribution is 6.15. The normalized spacial score (nSPS) is 12.4. The molecule has 0 radical (unpaired) electrons. The molecule has 354 valence electrons. The van der Waals surface area contributed by atoms with E-state index in [4.69, 9.17) is 4.98 Å². The molecule has 8 aromatic carbocycles. The molecular weight excluding hydrogens is 889 g/mol. The second kappa shape index (κ2) is 16.4. The molecule has 12 aromatic rings. The van der Waals surface area contributed by atoms with Crippen LogP contribution in [-0.4, -0.2) is 18.7 Å². The summed E-state index contributed by atoms with van der Waals surface area (Å²) in [6.45, 7) is 20.3. The van der Waals surface area contributed by atoms with Crippen molar-refractivity contribution in [1.82, 2.24) is 18.7 Å². The number of hydrogen-bond acceptors (Lipinski definition) is 3. The number of aromatic nitrogens is 4. The SMILES string of the molecule is CC(C)(C)c1ccc2c(c1)c1ccccc1n2-c1nc(-c2ccccc2)c(-n2c3ccccc3c3cc(C(C)(C)C)ccc32)c(-c2cccc(C#N)c2C#N)c1-n1c2ccccc2c2cc(C(C)(C)C)ccc21. The Kier molecular flexibility index (Phi) is 10.2. The zero-order valence-electron chi connectivity index (χ0n) is 42.9. The van der Waals surface area contributed by atoms with E-state index in [1.165, 1.54) is 16.7 Å². The van der Waals surface area contributed by atoms with Crippen LogP contribution in [0.3, 0.4) is 0 Å². The molecule has 73 heavy (non-hydrogen) atoms. The van der Waals surface area contributed by atoms with Crippen molar-refractivity contribution < 1.29 is 0 Å². The summed E-state index contributed by atoms with van der Waals surface area (Å²) >= 11 is 0. The molecule has 4 heterocycles. The summed E-state index contributed by atoms with van der Waals surface area (Å²) in [5.74, 6) is 0.692. The predicted octanol–water partition coefficient (Wildman–Crippen LogP) is 17.3. The average molecular weight is 945 g/mol. The quantitative estimate of drug-likeness (QED) is 0.172. The maximum absolute atomic E-state index is 11.5. The van der Waals surface area contributed by atoms with E-state index in [1.54, 1.807) is 6.07 Å². The van der Waals surface area contributed by atoms with Gasteiger partial charge in [0.1, 0.15) is 12.1 Å². The van der Waals surface area contributed by atoms with Gasteiger partial charge in [-0.2, -0.15) is 10.5 Å². The average Bonchev–Trinajstić information content (AvgIpc) is 4.03. The summed E-state index contributed by atoms with van der Waals surface area (Å²) in [5, 5.41) is 29.1. The molecule has 0 N–H and O–H groups in total. The maximum Gasteiger partial charge on any atom is 0.163 e. The van der Waals surface area contributed by atoms with Crippen LogP contribution in [0.15, 0.2) is 176 Å². The van der Waals surface area contributed by atoms with E-state index < -0.39 is 0 Å². The van der Waals surface area contributed by atoms with Gasteiger partial charge in [-0.1, -0.05) is 178 Å². The Morgan fingerprint density at radius 3 is 1.25 bits per heavy atom. The molecule has 0 saturated heterocycles. The van der Waals surface area contributed by atoms with Crippen LogP contribution in [0.1, 0.15) is 90.1 Å². The summed E-state index contributed by atoms with van der Waals surface area (Å²) in [6.07, 6.45) is 0. The summed E-state index contributed by atoms with van der Waals surface area (Å²) in [7, 11) is 0. The fourth-order valence-corrected chi connectivity index (χ4v) is 11.2. The van der Waals surface area contributed by atoms with Crippen molar-refractivity contribution in [1.29, 1.82) is 10.5 Å². The molecule has 0 bridgehead atoms. The lowest BCUT2D eigenvalue weighted by Crippen LogP contribution is -2.14. The van der Waals surface area contributed by atoms with Crippen molar-refractivity contribution in [2.45, 2.75) is 78.6 Å². The Hall–Kier alpha value is -8.71. The molecule has 6 nitrogen and oxygen atoms in total. The van der Waals surface area contributed by atoms with Crippen molar-refractivity contribution in [3.05, 3.63) is 204 Å². The molecule has 0 aliphatic rings. The Bertz CT molecular complexity index is 4330. The summed E-state index contributed by atoms with van der Waals surface area (Å²) in [6, 6.07) is 67.7. The second-order valence-electron chi connectivity index (χ2n) is 22.7. The summed E-state index contributed by atoms with van der Waals surface area (Å²) in [4.78, 5) is 6.17. The highest BCUT2D eigenvalue weighted by Crippen LogP contribution is 2.50. The highest BCUT2D eigenvalue weighted by Gasteiger charge is 2.33. The molecule has 0 unspecified atom stereocenters.